The van der Waals surface area contributed by atoms with Crippen molar-refractivity contribution in [3.05, 3.63) is 0 Å². The lowest BCUT2D eigenvalue weighted by Gasteiger charge is -2.16. The highest BCUT2D eigenvalue weighted by atomic mass is 32.2. The Balaban J connectivity index is 3.64. The van der Waals surface area contributed by atoms with Crippen LogP contribution < -0.4 is 4.72 Å². The molecule has 0 saturated carbocycles. The predicted octanol–water partition coefficient (Wildman–Crippen LogP) is -0.743. The second kappa shape index (κ2) is 9.78. The van der Waals surface area contributed by atoms with Crippen LogP contribution in [0.5, 0.6) is 0 Å². The Morgan fingerprint density at radius 2 is 2.00 bits per heavy atom. The van der Waals surface area contributed by atoms with Crippen LogP contribution in [-0.2, 0) is 14.8 Å². The minimum Gasteiger partial charge on any atom is -0.396 e. The Hall–Kier alpha value is -0.210. The van der Waals surface area contributed by atoms with Crippen LogP contribution in [0.15, 0.2) is 0 Å². The smallest absolute Gasteiger partial charge is 0.211 e. The van der Waals surface area contributed by atoms with Crippen LogP contribution in [0.3, 0.4) is 0 Å². The van der Waals surface area contributed by atoms with Crippen LogP contribution >= 0.6 is 0 Å². The summed E-state index contributed by atoms with van der Waals surface area (Å²) in [7, 11) is 0.363. The lowest BCUT2D eigenvalue weighted by Crippen LogP contribution is -2.35. The first kappa shape index (κ1) is 16.8. The molecule has 2 N–H and O–H groups in total. The maximum Gasteiger partial charge on any atom is 0.211 e. The summed E-state index contributed by atoms with van der Waals surface area (Å²) in [5.41, 5.74) is 0. The fraction of sp³-hybridized carbons (Fsp3) is 1.00. The van der Waals surface area contributed by atoms with Gasteiger partial charge in [0.2, 0.25) is 10.0 Å². The summed E-state index contributed by atoms with van der Waals surface area (Å²) in [4.78, 5) is 2.00. The van der Waals surface area contributed by atoms with E-state index in [9.17, 15) is 8.42 Å². The van der Waals surface area contributed by atoms with Gasteiger partial charge in [-0.2, -0.15) is 0 Å². The average molecular weight is 268 g/mol. The highest BCUT2D eigenvalue weighted by molar-refractivity contribution is 7.89. The Bertz CT molecular complexity index is 269. The molecule has 0 radical (unpaired) electrons. The molecule has 7 heteroatoms. The van der Waals surface area contributed by atoms with E-state index >= 15 is 0 Å². The number of sulfonamides is 1. The minimum absolute atomic E-state index is 0.0370. The fourth-order valence-corrected chi connectivity index (χ4v) is 2.36. The van der Waals surface area contributed by atoms with Crippen molar-refractivity contribution in [2.24, 2.45) is 0 Å². The molecule has 6 nitrogen and oxygen atoms in total. The first-order valence-corrected chi connectivity index (χ1v) is 7.42. The fourth-order valence-electron chi connectivity index (χ4n) is 1.23. The number of unbranched alkanes of at least 4 members (excludes halogenated alkanes) is 1. The molecule has 0 bridgehead atoms. The Kier molecular flexibility index (Phi) is 9.66. The van der Waals surface area contributed by atoms with Crippen LogP contribution in [-0.4, -0.2) is 71.2 Å². The van der Waals surface area contributed by atoms with E-state index < -0.39 is 10.0 Å². The molecule has 0 fully saturated rings. The maximum atomic E-state index is 11.5. The van der Waals surface area contributed by atoms with Gasteiger partial charge in [0.05, 0.1) is 12.4 Å². The molecule has 0 saturated heterocycles. The number of hydrogen-bond donors (Lipinski definition) is 2. The molecule has 0 aromatic carbocycles. The SMILES string of the molecule is COCCN(C)CCNS(=O)(=O)CCCCO. The van der Waals surface area contributed by atoms with Crippen LogP contribution in [0.1, 0.15) is 12.8 Å². The average Bonchev–Trinajstić information content (AvgIpc) is 2.26. The first-order valence-electron chi connectivity index (χ1n) is 5.77. The van der Waals surface area contributed by atoms with Gasteiger partial charge in [-0.1, -0.05) is 0 Å². The summed E-state index contributed by atoms with van der Waals surface area (Å²) >= 11 is 0. The van der Waals surface area contributed by atoms with E-state index in [0.29, 0.717) is 32.5 Å². The van der Waals surface area contributed by atoms with E-state index in [2.05, 4.69) is 4.72 Å². The van der Waals surface area contributed by atoms with Crippen LogP contribution in [0.4, 0.5) is 0 Å². The van der Waals surface area contributed by atoms with Crippen molar-refractivity contribution in [3.8, 4) is 0 Å². The number of aliphatic hydroxyl groups excluding tert-OH is 1. The summed E-state index contributed by atoms with van der Waals surface area (Å²) in [5.74, 6) is 0.0787. The summed E-state index contributed by atoms with van der Waals surface area (Å²) in [6.07, 6.45) is 1.01. The van der Waals surface area contributed by atoms with Gasteiger partial charge in [-0.25, -0.2) is 13.1 Å². The predicted molar refractivity (Wildman–Crippen MR) is 67.5 cm³/mol. The number of nitrogens with one attached hydrogen (secondary N) is 1. The van der Waals surface area contributed by atoms with E-state index in [0.717, 1.165) is 6.54 Å². The molecule has 0 atom stereocenters. The highest BCUT2D eigenvalue weighted by Crippen LogP contribution is 1.93. The molecule has 0 spiro atoms. The van der Waals surface area contributed by atoms with Gasteiger partial charge >= 0.3 is 0 Å². The van der Waals surface area contributed by atoms with Crippen LogP contribution in [0.25, 0.3) is 0 Å². The van der Waals surface area contributed by atoms with E-state index in [1.807, 2.05) is 11.9 Å². The number of hydrogen-bond acceptors (Lipinski definition) is 5. The second-order valence-electron chi connectivity index (χ2n) is 3.94. The normalized spacial score (nSPS) is 12.2. The lowest BCUT2D eigenvalue weighted by atomic mass is 10.4. The van der Waals surface area contributed by atoms with Gasteiger partial charge in [0.25, 0.3) is 0 Å². The number of aliphatic hydroxyl groups is 1. The van der Waals surface area contributed by atoms with Gasteiger partial charge in [0.1, 0.15) is 0 Å². The molecule has 0 aromatic heterocycles. The topological polar surface area (TPSA) is 78.9 Å². The number of rotatable bonds is 11. The van der Waals surface area contributed by atoms with Gasteiger partial charge in [-0.15, -0.1) is 0 Å². The van der Waals surface area contributed by atoms with Crippen molar-refractivity contribution in [2.75, 3.05) is 52.8 Å². The zero-order valence-corrected chi connectivity index (χ0v) is 11.5. The highest BCUT2D eigenvalue weighted by Gasteiger charge is 2.09. The number of likely N-dealkylation sites (N-methyl/N-ethyl adjacent to an activating group) is 1. The Morgan fingerprint density at radius 3 is 2.59 bits per heavy atom. The Morgan fingerprint density at radius 1 is 1.29 bits per heavy atom. The van der Waals surface area contributed by atoms with Crippen molar-refractivity contribution in [3.63, 3.8) is 0 Å². The third kappa shape index (κ3) is 10.7. The van der Waals surface area contributed by atoms with Crippen LogP contribution in [0.2, 0.25) is 0 Å². The van der Waals surface area contributed by atoms with Crippen molar-refractivity contribution < 1.29 is 18.3 Å². The van der Waals surface area contributed by atoms with Crippen LogP contribution in [0, 0.1) is 0 Å². The number of ether oxygens (including phenoxy) is 1. The monoisotopic (exact) mass is 268 g/mol. The third-order valence-electron chi connectivity index (χ3n) is 2.31. The van der Waals surface area contributed by atoms with Gasteiger partial charge < -0.3 is 14.7 Å². The van der Waals surface area contributed by atoms with Crippen molar-refractivity contribution in [1.29, 1.82) is 0 Å². The molecular formula is C10H24N2O4S. The van der Waals surface area contributed by atoms with Crippen molar-refractivity contribution in [2.45, 2.75) is 12.8 Å². The quantitative estimate of drug-likeness (QED) is 0.482. The maximum absolute atomic E-state index is 11.5. The largest absolute Gasteiger partial charge is 0.396 e. The lowest BCUT2D eigenvalue weighted by molar-refractivity contribution is 0.162. The van der Waals surface area contributed by atoms with E-state index in [-0.39, 0.29) is 12.4 Å². The molecule has 0 aliphatic carbocycles. The molecule has 0 rings (SSSR count). The van der Waals surface area contributed by atoms with Gasteiger partial charge in [-0.05, 0) is 19.9 Å². The zero-order chi connectivity index (χ0) is 13.1. The molecule has 0 aliphatic rings. The minimum atomic E-state index is -3.19. The van der Waals surface area contributed by atoms with Crippen molar-refractivity contribution in [1.82, 2.24) is 9.62 Å². The zero-order valence-electron chi connectivity index (χ0n) is 10.7. The van der Waals surface area contributed by atoms with E-state index in [4.69, 9.17) is 9.84 Å². The molecular weight excluding hydrogens is 244 g/mol. The molecule has 104 valence electrons. The molecule has 0 aromatic rings. The molecule has 0 heterocycles. The van der Waals surface area contributed by atoms with Crippen molar-refractivity contribution >= 4 is 10.0 Å². The molecule has 17 heavy (non-hydrogen) atoms. The molecule has 0 aliphatic heterocycles. The number of nitrogens with zero attached hydrogens (tertiary/aromatic N) is 1. The molecule has 0 unspecified atom stereocenters. The van der Waals surface area contributed by atoms with Gasteiger partial charge in [0, 0.05) is 33.4 Å². The first-order chi connectivity index (χ1) is 8.02. The summed E-state index contributed by atoms with van der Waals surface area (Å²) in [6.45, 7) is 2.52. The Labute approximate surface area is 104 Å². The summed E-state index contributed by atoms with van der Waals surface area (Å²) < 4.78 is 30.4. The van der Waals surface area contributed by atoms with Gasteiger partial charge in [0.15, 0.2) is 0 Å². The summed E-state index contributed by atoms with van der Waals surface area (Å²) in [6, 6.07) is 0. The number of methoxy groups -OCH3 is 1. The molecule has 0 amide bonds. The summed E-state index contributed by atoms with van der Waals surface area (Å²) in [5, 5.41) is 8.56. The second-order valence-corrected chi connectivity index (χ2v) is 5.87. The van der Waals surface area contributed by atoms with E-state index in [1.165, 1.54) is 0 Å². The third-order valence-corrected chi connectivity index (χ3v) is 3.78. The standard InChI is InChI=1S/C10H24N2O4S/c1-12(7-9-16-2)6-5-11-17(14,15)10-4-3-8-13/h11,13H,3-10H2,1-2H3. The van der Waals surface area contributed by atoms with Gasteiger partial charge in [-0.3, -0.25) is 0 Å². The van der Waals surface area contributed by atoms with E-state index in [1.54, 1.807) is 7.11 Å².